The van der Waals surface area contributed by atoms with Crippen molar-refractivity contribution in [1.82, 2.24) is 14.8 Å². The minimum Gasteiger partial charge on any atom is -0.465 e. The summed E-state index contributed by atoms with van der Waals surface area (Å²) >= 11 is 2.88. The number of aromatic nitrogens is 3. The molecule has 1 amide bonds. The number of anilines is 1. The number of allylic oxidation sites excluding steroid dienone is 1. The van der Waals surface area contributed by atoms with Crippen LogP contribution in [0.5, 0.6) is 0 Å². The first kappa shape index (κ1) is 24.0. The number of thiophene rings is 1. The van der Waals surface area contributed by atoms with Gasteiger partial charge < -0.3 is 14.6 Å². The molecule has 1 fully saturated rings. The molecule has 0 radical (unpaired) electrons. The zero-order chi connectivity index (χ0) is 23.4. The zero-order valence-corrected chi connectivity index (χ0v) is 21.0. The zero-order valence-electron chi connectivity index (χ0n) is 19.4. The molecule has 2 aliphatic carbocycles. The van der Waals surface area contributed by atoms with Gasteiger partial charge in [-0.05, 0) is 43.6 Å². The predicted octanol–water partition coefficient (Wildman–Crippen LogP) is 5.22. The lowest BCUT2D eigenvalue weighted by Gasteiger charge is -2.21. The van der Waals surface area contributed by atoms with E-state index in [1.165, 1.54) is 54.3 Å². The summed E-state index contributed by atoms with van der Waals surface area (Å²) in [6.45, 7) is 6.73. The summed E-state index contributed by atoms with van der Waals surface area (Å²) < 4.78 is 7.11. The van der Waals surface area contributed by atoms with Gasteiger partial charge in [0.15, 0.2) is 5.16 Å². The average Bonchev–Trinajstić information content (AvgIpc) is 3.38. The lowest BCUT2D eigenvalue weighted by atomic mass is 9.88. The fourth-order valence-corrected chi connectivity index (χ4v) is 6.99. The van der Waals surface area contributed by atoms with Crippen LogP contribution in [0.15, 0.2) is 17.8 Å². The van der Waals surface area contributed by atoms with Gasteiger partial charge in [-0.25, -0.2) is 4.79 Å². The molecule has 0 aromatic carbocycles. The van der Waals surface area contributed by atoms with Gasteiger partial charge in [0.2, 0.25) is 5.91 Å². The summed E-state index contributed by atoms with van der Waals surface area (Å²) in [6, 6.07) is 0. The Morgan fingerprint density at radius 3 is 2.79 bits per heavy atom. The minimum absolute atomic E-state index is 0.163. The number of ether oxygens (including phenoxy) is 1. The van der Waals surface area contributed by atoms with Crippen molar-refractivity contribution in [2.24, 2.45) is 5.92 Å². The second kappa shape index (κ2) is 10.9. The molecule has 2 aromatic heterocycles. The molecule has 0 aliphatic heterocycles. The largest absolute Gasteiger partial charge is 0.465 e. The number of rotatable bonds is 8. The van der Waals surface area contributed by atoms with E-state index in [0.717, 1.165) is 48.6 Å². The third kappa shape index (κ3) is 5.35. The van der Waals surface area contributed by atoms with E-state index in [4.69, 9.17) is 4.74 Å². The molecule has 9 heteroatoms. The summed E-state index contributed by atoms with van der Waals surface area (Å²) in [6.07, 6.45) is 10.7. The van der Waals surface area contributed by atoms with Crippen molar-refractivity contribution < 1.29 is 14.3 Å². The molecule has 7 nitrogen and oxygen atoms in total. The van der Waals surface area contributed by atoms with Gasteiger partial charge in [0.05, 0.1) is 18.4 Å². The maximum Gasteiger partial charge on any atom is 0.341 e. The second-order valence-electron chi connectivity index (χ2n) is 8.96. The number of fused-ring (bicyclic) bond motifs is 1. The molecule has 2 heterocycles. The van der Waals surface area contributed by atoms with E-state index >= 15 is 0 Å². The first-order valence-corrected chi connectivity index (χ1v) is 13.5. The monoisotopic (exact) mass is 488 g/mol. The SMILES string of the molecule is C=CCn1c(SCC(=O)Nc2sc3c(c2C(=O)OC)CCC(C)C3)nnc1C1CCCCC1. The highest BCUT2D eigenvalue weighted by Gasteiger charge is 2.29. The van der Waals surface area contributed by atoms with E-state index in [1.807, 2.05) is 6.08 Å². The molecule has 1 N–H and O–H groups in total. The molecule has 33 heavy (non-hydrogen) atoms. The average molecular weight is 489 g/mol. The number of nitrogens with one attached hydrogen (secondary N) is 1. The molecule has 1 unspecified atom stereocenters. The Kier molecular flexibility index (Phi) is 7.90. The van der Waals surface area contributed by atoms with Crippen molar-refractivity contribution in [2.75, 3.05) is 18.2 Å². The van der Waals surface area contributed by atoms with Crippen LogP contribution in [0.4, 0.5) is 5.00 Å². The van der Waals surface area contributed by atoms with Crippen LogP contribution in [0.2, 0.25) is 0 Å². The van der Waals surface area contributed by atoms with Crippen LogP contribution in [-0.4, -0.2) is 39.5 Å². The van der Waals surface area contributed by atoms with E-state index in [2.05, 4.69) is 33.6 Å². The summed E-state index contributed by atoms with van der Waals surface area (Å²) in [5.41, 5.74) is 1.56. The summed E-state index contributed by atoms with van der Waals surface area (Å²) in [5, 5.41) is 13.2. The highest BCUT2D eigenvalue weighted by atomic mass is 32.2. The van der Waals surface area contributed by atoms with Gasteiger partial charge in [0.1, 0.15) is 10.8 Å². The van der Waals surface area contributed by atoms with Gasteiger partial charge in [-0.1, -0.05) is 44.0 Å². The van der Waals surface area contributed by atoms with Crippen molar-refractivity contribution in [3.8, 4) is 0 Å². The van der Waals surface area contributed by atoms with Crippen LogP contribution in [-0.2, 0) is 28.9 Å². The minimum atomic E-state index is -0.382. The van der Waals surface area contributed by atoms with Gasteiger partial charge in [-0.15, -0.1) is 28.1 Å². The lowest BCUT2D eigenvalue weighted by Crippen LogP contribution is -2.17. The molecule has 2 aromatic rings. The van der Waals surface area contributed by atoms with E-state index in [9.17, 15) is 9.59 Å². The quantitative estimate of drug-likeness (QED) is 0.312. The van der Waals surface area contributed by atoms with Gasteiger partial charge in [0, 0.05) is 17.3 Å². The Balaban J connectivity index is 1.46. The standard InChI is InChI=1S/C24H32N4O3S2/c1-4-12-28-21(16-8-6-5-7-9-16)26-27-24(28)32-14-19(29)25-22-20(23(30)31-3)17-11-10-15(2)13-18(17)33-22/h4,15-16H,1,5-14H2,2-3H3,(H,25,29). The number of hydrogen-bond donors (Lipinski definition) is 1. The molecule has 2 aliphatic rings. The third-order valence-electron chi connectivity index (χ3n) is 6.51. The number of thioether (sulfide) groups is 1. The normalized spacial score (nSPS) is 18.5. The van der Waals surface area contributed by atoms with Crippen molar-refractivity contribution in [3.63, 3.8) is 0 Å². The van der Waals surface area contributed by atoms with E-state index in [-0.39, 0.29) is 17.6 Å². The molecule has 1 atom stereocenters. The van der Waals surface area contributed by atoms with Gasteiger partial charge >= 0.3 is 5.97 Å². The number of carbonyl (C=O) groups excluding carboxylic acids is 2. The van der Waals surface area contributed by atoms with Crippen LogP contribution in [0.1, 0.15) is 78.0 Å². The Labute approximate surface area is 203 Å². The van der Waals surface area contributed by atoms with Crippen molar-refractivity contribution in [3.05, 3.63) is 34.5 Å². The predicted molar refractivity (Wildman–Crippen MR) is 132 cm³/mol. The van der Waals surface area contributed by atoms with Crippen LogP contribution in [0, 0.1) is 5.92 Å². The molecule has 4 rings (SSSR count). The highest BCUT2D eigenvalue weighted by molar-refractivity contribution is 7.99. The number of carbonyl (C=O) groups is 2. The first-order chi connectivity index (χ1) is 16.0. The van der Waals surface area contributed by atoms with Gasteiger partial charge in [-0.2, -0.15) is 0 Å². The molecule has 1 saturated carbocycles. The van der Waals surface area contributed by atoms with Crippen LogP contribution < -0.4 is 5.32 Å². The van der Waals surface area contributed by atoms with Crippen molar-refractivity contribution in [2.45, 2.75) is 75.9 Å². The fraction of sp³-hybridized carbons (Fsp3) is 0.583. The maximum absolute atomic E-state index is 12.8. The molecule has 0 spiro atoms. The summed E-state index contributed by atoms with van der Waals surface area (Å²) in [4.78, 5) is 26.5. The Morgan fingerprint density at radius 1 is 1.27 bits per heavy atom. The second-order valence-corrected chi connectivity index (χ2v) is 11.0. The van der Waals surface area contributed by atoms with Crippen LogP contribution in [0.25, 0.3) is 0 Å². The Bertz CT molecular complexity index is 1020. The number of methoxy groups -OCH3 is 1. The van der Waals surface area contributed by atoms with Crippen LogP contribution in [0.3, 0.4) is 0 Å². The lowest BCUT2D eigenvalue weighted by molar-refractivity contribution is -0.113. The highest BCUT2D eigenvalue weighted by Crippen LogP contribution is 2.40. The van der Waals surface area contributed by atoms with Crippen LogP contribution >= 0.6 is 23.1 Å². The van der Waals surface area contributed by atoms with Gasteiger partial charge in [0.25, 0.3) is 0 Å². The number of amides is 1. The third-order valence-corrected chi connectivity index (χ3v) is 8.65. The molecule has 178 valence electrons. The molecular weight excluding hydrogens is 456 g/mol. The first-order valence-electron chi connectivity index (χ1n) is 11.7. The molecule has 0 saturated heterocycles. The topological polar surface area (TPSA) is 86.1 Å². The smallest absolute Gasteiger partial charge is 0.341 e. The molecule has 0 bridgehead atoms. The summed E-state index contributed by atoms with van der Waals surface area (Å²) in [5.74, 6) is 1.66. The molecular formula is C24H32N4O3S2. The Hall–Kier alpha value is -2.13. The summed E-state index contributed by atoms with van der Waals surface area (Å²) in [7, 11) is 1.38. The maximum atomic E-state index is 12.8. The van der Waals surface area contributed by atoms with Crippen molar-refractivity contribution >= 4 is 40.0 Å². The van der Waals surface area contributed by atoms with E-state index < -0.39 is 0 Å². The number of hydrogen-bond acceptors (Lipinski definition) is 7. The van der Waals surface area contributed by atoms with Gasteiger partial charge in [-0.3, -0.25) is 4.79 Å². The fourth-order valence-electron chi connectivity index (χ4n) is 4.82. The number of esters is 1. The van der Waals surface area contributed by atoms with Crippen molar-refractivity contribution in [1.29, 1.82) is 0 Å². The van der Waals surface area contributed by atoms with E-state index in [1.54, 1.807) is 0 Å². The Morgan fingerprint density at radius 2 is 2.06 bits per heavy atom. The number of nitrogens with zero attached hydrogens (tertiary/aromatic N) is 3. The van der Waals surface area contributed by atoms with E-state index in [0.29, 0.717) is 28.9 Å².